The Balaban J connectivity index is 1.50. The molecular weight excluding hydrogens is 622 g/mol. The third kappa shape index (κ3) is 6.73. The highest BCUT2D eigenvalue weighted by molar-refractivity contribution is 14.1. The van der Waals surface area contributed by atoms with E-state index < -0.39 is 17.0 Å². The molecule has 0 aromatic heterocycles. The molecule has 0 aliphatic carbocycles. The molecule has 1 saturated heterocycles. The number of imide groups is 1. The van der Waals surface area contributed by atoms with Gasteiger partial charge < -0.3 is 14.8 Å². The van der Waals surface area contributed by atoms with Crippen LogP contribution in [0.4, 0.5) is 14.9 Å². The fourth-order valence-electron chi connectivity index (χ4n) is 3.72. The molecule has 3 aromatic rings. The predicted molar refractivity (Wildman–Crippen MR) is 154 cm³/mol. The van der Waals surface area contributed by atoms with Gasteiger partial charge in [0, 0.05) is 11.3 Å². The number of benzene rings is 3. The minimum Gasteiger partial charge on any atom is -0.490 e. The quantitative estimate of drug-likeness (QED) is 0.214. The van der Waals surface area contributed by atoms with Gasteiger partial charge in [-0.1, -0.05) is 30.3 Å². The van der Waals surface area contributed by atoms with E-state index in [-0.39, 0.29) is 29.5 Å². The maximum Gasteiger partial charge on any atom is 0.293 e. The van der Waals surface area contributed by atoms with E-state index in [0.29, 0.717) is 32.9 Å². The third-order valence-corrected chi connectivity index (χ3v) is 7.15. The molecule has 0 saturated carbocycles. The molecule has 10 heteroatoms. The molecule has 1 aliphatic rings. The van der Waals surface area contributed by atoms with Gasteiger partial charge in [0.15, 0.2) is 18.1 Å². The number of anilines is 1. The second kappa shape index (κ2) is 12.4. The molecule has 1 fully saturated rings. The summed E-state index contributed by atoms with van der Waals surface area (Å²) in [5, 5.41) is 2.33. The zero-order valence-electron chi connectivity index (χ0n) is 20.6. The van der Waals surface area contributed by atoms with Crippen molar-refractivity contribution in [3.63, 3.8) is 0 Å². The third-order valence-electron chi connectivity index (χ3n) is 5.44. The first kappa shape index (κ1) is 27.6. The first-order chi connectivity index (χ1) is 18.2. The van der Waals surface area contributed by atoms with Crippen molar-refractivity contribution in [1.82, 2.24) is 4.90 Å². The van der Waals surface area contributed by atoms with Crippen LogP contribution in [0.5, 0.6) is 11.5 Å². The lowest BCUT2D eigenvalue weighted by molar-refractivity contribution is -0.123. The maximum absolute atomic E-state index is 14.1. The van der Waals surface area contributed by atoms with Crippen LogP contribution in [0.3, 0.4) is 0 Å². The fourth-order valence-corrected chi connectivity index (χ4v) is 5.34. The van der Waals surface area contributed by atoms with Gasteiger partial charge in [-0.25, -0.2) is 4.39 Å². The summed E-state index contributed by atoms with van der Waals surface area (Å²) >= 11 is 2.86. The summed E-state index contributed by atoms with van der Waals surface area (Å²) in [5.41, 5.74) is 2.58. The highest BCUT2D eigenvalue weighted by atomic mass is 127. The monoisotopic (exact) mass is 646 g/mol. The van der Waals surface area contributed by atoms with Gasteiger partial charge in [-0.15, -0.1) is 0 Å². The number of nitrogens with one attached hydrogen (secondary N) is 1. The Morgan fingerprint density at radius 2 is 1.89 bits per heavy atom. The number of ether oxygens (including phenoxy) is 2. The van der Waals surface area contributed by atoms with E-state index in [1.165, 1.54) is 6.07 Å². The van der Waals surface area contributed by atoms with Crippen molar-refractivity contribution in [3.8, 4) is 11.5 Å². The SMILES string of the molecule is CCOc1cc(/C=C2\SC(=O)N(Cc3ccccc3F)C2=O)cc(I)c1OCC(=O)Nc1cccc(C)c1. The Bertz CT molecular complexity index is 1430. The number of thioether (sulfide) groups is 1. The van der Waals surface area contributed by atoms with Crippen molar-refractivity contribution in [2.45, 2.75) is 20.4 Å². The van der Waals surface area contributed by atoms with Crippen molar-refractivity contribution >= 4 is 63.2 Å². The number of hydrogen-bond donors (Lipinski definition) is 1. The number of carbonyl (C=O) groups excluding carboxylic acids is 3. The van der Waals surface area contributed by atoms with Crippen LogP contribution in [0.15, 0.2) is 65.6 Å². The van der Waals surface area contributed by atoms with Crippen molar-refractivity contribution < 1.29 is 28.2 Å². The van der Waals surface area contributed by atoms with Crippen LogP contribution in [-0.4, -0.2) is 35.2 Å². The van der Waals surface area contributed by atoms with Crippen LogP contribution in [0.1, 0.15) is 23.6 Å². The van der Waals surface area contributed by atoms with Crippen LogP contribution in [0.2, 0.25) is 0 Å². The molecule has 38 heavy (non-hydrogen) atoms. The normalized spacial score (nSPS) is 14.2. The maximum atomic E-state index is 14.1. The van der Waals surface area contributed by atoms with Gasteiger partial charge >= 0.3 is 0 Å². The first-order valence-corrected chi connectivity index (χ1v) is 13.6. The smallest absolute Gasteiger partial charge is 0.293 e. The Morgan fingerprint density at radius 3 is 2.63 bits per heavy atom. The van der Waals surface area contributed by atoms with Crippen LogP contribution in [0, 0.1) is 16.3 Å². The summed E-state index contributed by atoms with van der Waals surface area (Å²) in [5.74, 6) is -0.489. The molecule has 1 N–H and O–H groups in total. The minimum atomic E-state index is -0.496. The summed E-state index contributed by atoms with van der Waals surface area (Å²) in [6.45, 7) is 3.74. The van der Waals surface area contributed by atoms with Crippen LogP contribution < -0.4 is 14.8 Å². The van der Waals surface area contributed by atoms with E-state index in [9.17, 15) is 18.8 Å². The minimum absolute atomic E-state index is 0.145. The Kier molecular flexibility index (Phi) is 9.05. The average molecular weight is 646 g/mol. The van der Waals surface area contributed by atoms with Crippen LogP contribution in [-0.2, 0) is 16.1 Å². The average Bonchev–Trinajstić information content (AvgIpc) is 3.12. The van der Waals surface area contributed by atoms with E-state index in [1.807, 2.05) is 32.0 Å². The second-order valence-corrected chi connectivity index (χ2v) is 10.5. The van der Waals surface area contributed by atoms with Crippen molar-refractivity contribution in [2.75, 3.05) is 18.5 Å². The lowest BCUT2D eigenvalue weighted by Crippen LogP contribution is -2.27. The van der Waals surface area contributed by atoms with E-state index in [0.717, 1.165) is 22.2 Å². The highest BCUT2D eigenvalue weighted by Crippen LogP contribution is 2.38. The van der Waals surface area contributed by atoms with E-state index >= 15 is 0 Å². The number of carbonyl (C=O) groups is 3. The lowest BCUT2D eigenvalue weighted by atomic mass is 10.1. The molecule has 4 rings (SSSR count). The van der Waals surface area contributed by atoms with E-state index in [1.54, 1.807) is 42.5 Å². The number of hydrogen-bond acceptors (Lipinski definition) is 6. The van der Waals surface area contributed by atoms with Gasteiger partial charge in [-0.05, 0) is 95.7 Å². The molecule has 3 amide bonds. The molecule has 0 spiro atoms. The van der Waals surface area contributed by atoms with E-state index in [4.69, 9.17) is 9.47 Å². The zero-order chi connectivity index (χ0) is 27.2. The zero-order valence-corrected chi connectivity index (χ0v) is 23.6. The Labute approximate surface area is 237 Å². The van der Waals surface area contributed by atoms with Gasteiger partial charge in [0.1, 0.15) is 5.82 Å². The summed E-state index contributed by atoms with van der Waals surface area (Å²) in [6, 6.07) is 16.9. The van der Waals surface area contributed by atoms with E-state index in [2.05, 4.69) is 27.9 Å². The number of rotatable bonds is 9. The molecule has 0 atom stereocenters. The standard InChI is InChI=1S/C28H24FIN2O5S/c1-3-36-23-13-18(12-22(30)26(23)37-16-25(33)31-20-9-6-7-17(2)11-20)14-24-27(34)32(28(35)38-24)15-19-8-4-5-10-21(19)29/h4-14H,3,15-16H2,1-2H3,(H,31,33)/b24-14-. The topological polar surface area (TPSA) is 84.9 Å². The van der Waals surface area contributed by atoms with Crippen LogP contribution >= 0.6 is 34.4 Å². The Hall–Kier alpha value is -3.38. The number of nitrogens with zero attached hydrogens (tertiary/aromatic N) is 1. The summed E-state index contributed by atoms with van der Waals surface area (Å²) in [6.07, 6.45) is 1.59. The first-order valence-electron chi connectivity index (χ1n) is 11.7. The molecule has 7 nitrogen and oxygen atoms in total. The van der Waals surface area contributed by atoms with Crippen molar-refractivity contribution in [3.05, 3.63) is 91.6 Å². The summed E-state index contributed by atoms with van der Waals surface area (Å²) in [7, 11) is 0. The van der Waals surface area contributed by atoms with Gasteiger partial charge in [-0.3, -0.25) is 19.3 Å². The number of aryl methyl sites for hydroxylation is 1. The largest absolute Gasteiger partial charge is 0.490 e. The molecule has 1 aliphatic heterocycles. The van der Waals surface area contributed by atoms with Gasteiger partial charge in [0.25, 0.3) is 17.1 Å². The molecule has 0 bridgehead atoms. The van der Waals surface area contributed by atoms with Gasteiger partial charge in [0.2, 0.25) is 0 Å². The van der Waals surface area contributed by atoms with Gasteiger partial charge in [-0.2, -0.15) is 0 Å². The second-order valence-electron chi connectivity index (χ2n) is 8.33. The number of amides is 3. The molecular formula is C28H24FIN2O5S. The van der Waals surface area contributed by atoms with Crippen molar-refractivity contribution in [2.24, 2.45) is 0 Å². The number of halogens is 2. The summed E-state index contributed by atoms with van der Waals surface area (Å²) < 4.78 is 26.3. The molecule has 196 valence electrons. The predicted octanol–water partition coefficient (Wildman–Crippen LogP) is 6.39. The highest BCUT2D eigenvalue weighted by Gasteiger charge is 2.35. The lowest BCUT2D eigenvalue weighted by Gasteiger charge is -2.15. The fraction of sp³-hybridized carbons (Fsp3) is 0.179. The van der Waals surface area contributed by atoms with Crippen LogP contribution in [0.25, 0.3) is 6.08 Å². The van der Waals surface area contributed by atoms with Crippen molar-refractivity contribution in [1.29, 1.82) is 0 Å². The Morgan fingerprint density at radius 1 is 1.11 bits per heavy atom. The molecule has 1 heterocycles. The summed E-state index contributed by atoms with van der Waals surface area (Å²) in [4.78, 5) is 39.1. The molecule has 3 aromatic carbocycles. The molecule has 0 radical (unpaired) electrons. The van der Waals surface area contributed by atoms with Gasteiger partial charge in [0.05, 0.1) is 21.6 Å². The molecule has 0 unspecified atom stereocenters.